The molecule has 24 heavy (non-hydrogen) atoms. The highest BCUT2D eigenvalue weighted by Gasteiger charge is 2.35. The highest BCUT2D eigenvalue weighted by molar-refractivity contribution is 5.68. The maximum Gasteiger partial charge on any atom is 0.303 e. The minimum Gasteiger partial charge on any atom is -0.481 e. The van der Waals surface area contributed by atoms with E-state index in [1.807, 2.05) is 0 Å². The number of benzene rings is 1. The molecule has 0 amide bonds. The summed E-state index contributed by atoms with van der Waals surface area (Å²) in [5.41, 5.74) is -1.02. The van der Waals surface area contributed by atoms with Gasteiger partial charge in [0.05, 0.1) is 22.3 Å². The van der Waals surface area contributed by atoms with E-state index >= 15 is 0 Å². The van der Waals surface area contributed by atoms with E-state index in [4.69, 9.17) is 5.11 Å². The van der Waals surface area contributed by atoms with Crippen molar-refractivity contribution in [1.82, 2.24) is 0 Å². The first-order chi connectivity index (χ1) is 11.3. The second-order valence-electron chi connectivity index (χ2n) is 6.20. The monoisotopic (exact) mass is 337 g/mol. The van der Waals surface area contributed by atoms with Gasteiger partial charge in [-0.2, -0.15) is 0 Å². The van der Waals surface area contributed by atoms with Crippen molar-refractivity contribution in [3.63, 3.8) is 0 Å². The Morgan fingerprint density at radius 1 is 1.17 bits per heavy atom. The van der Waals surface area contributed by atoms with Crippen molar-refractivity contribution in [3.05, 3.63) is 38.4 Å². The minimum atomic E-state index is -0.892. The fraction of sp³-hybridized carbons (Fsp3) is 0.533. The lowest BCUT2D eigenvalue weighted by molar-refractivity contribution is -0.393. The third kappa shape index (κ3) is 4.18. The van der Waals surface area contributed by atoms with Gasteiger partial charge in [-0.25, -0.2) is 0 Å². The van der Waals surface area contributed by atoms with E-state index < -0.39 is 21.2 Å². The molecule has 0 aromatic heterocycles. The van der Waals surface area contributed by atoms with Crippen LogP contribution in [-0.4, -0.2) is 27.5 Å². The van der Waals surface area contributed by atoms with Crippen LogP contribution in [-0.2, 0) is 4.79 Å². The zero-order chi connectivity index (χ0) is 17.7. The third-order valence-corrected chi connectivity index (χ3v) is 4.48. The number of nitro benzene ring substituents is 2. The largest absolute Gasteiger partial charge is 0.481 e. The molecule has 0 bridgehead atoms. The number of anilines is 1. The van der Waals surface area contributed by atoms with Crippen LogP contribution in [0.3, 0.4) is 0 Å². The van der Waals surface area contributed by atoms with E-state index in [1.165, 1.54) is 12.1 Å². The number of nitro groups is 2. The summed E-state index contributed by atoms with van der Waals surface area (Å²) in [5.74, 6) is -0.892. The molecule has 1 aliphatic rings. The number of rotatable bonds is 7. The van der Waals surface area contributed by atoms with Crippen LogP contribution in [0.1, 0.15) is 38.5 Å². The van der Waals surface area contributed by atoms with Crippen molar-refractivity contribution in [1.29, 1.82) is 0 Å². The first kappa shape index (κ1) is 17.6. The summed E-state index contributed by atoms with van der Waals surface area (Å²) in [6.45, 7) is 0.290. The summed E-state index contributed by atoms with van der Waals surface area (Å²) < 4.78 is 0. The molecule has 1 aromatic rings. The Kier molecular flexibility index (Phi) is 5.32. The van der Waals surface area contributed by atoms with Crippen molar-refractivity contribution in [2.45, 2.75) is 38.5 Å². The topological polar surface area (TPSA) is 136 Å². The van der Waals surface area contributed by atoms with Gasteiger partial charge in [-0.3, -0.25) is 25.0 Å². The molecule has 9 nitrogen and oxygen atoms in total. The van der Waals surface area contributed by atoms with E-state index in [0.717, 1.165) is 38.2 Å². The molecule has 0 aliphatic heterocycles. The molecule has 0 unspecified atom stereocenters. The number of carboxylic acids is 1. The molecule has 130 valence electrons. The Bertz CT molecular complexity index is 655. The van der Waals surface area contributed by atoms with Crippen LogP contribution < -0.4 is 5.32 Å². The summed E-state index contributed by atoms with van der Waals surface area (Å²) in [6.07, 6.45) is 4.40. The van der Waals surface area contributed by atoms with Gasteiger partial charge in [0.25, 0.3) is 11.4 Å². The van der Waals surface area contributed by atoms with Gasteiger partial charge >= 0.3 is 5.97 Å². The molecular formula is C15H19N3O6. The average molecular weight is 337 g/mol. The van der Waals surface area contributed by atoms with Gasteiger partial charge in [0.2, 0.25) is 0 Å². The predicted octanol–water partition coefficient (Wildman–Crippen LogP) is 3.34. The van der Waals surface area contributed by atoms with E-state index in [9.17, 15) is 25.0 Å². The molecule has 1 fully saturated rings. The van der Waals surface area contributed by atoms with Crippen LogP contribution in [0, 0.1) is 25.6 Å². The molecule has 2 N–H and O–H groups in total. The number of nitrogens with one attached hydrogen (secondary N) is 1. The zero-order valence-corrected chi connectivity index (χ0v) is 13.1. The van der Waals surface area contributed by atoms with Gasteiger partial charge in [-0.05, 0) is 24.3 Å². The number of nitrogens with zero attached hydrogens (tertiary/aromatic N) is 2. The Labute approximate surface area is 138 Å². The summed E-state index contributed by atoms with van der Waals surface area (Å²) >= 11 is 0. The third-order valence-electron chi connectivity index (χ3n) is 4.48. The van der Waals surface area contributed by atoms with Crippen molar-refractivity contribution in [2.24, 2.45) is 5.41 Å². The standard InChI is InChI=1S/C15H19N3O6/c19-14(20)9-15(6-2-1-3-7-15)10-16-12-5-4-11(17(21)22)8-13(12)18(23)24/h4-5,8,16H,1-3,6-7,9-10H2,(H,19,20). The summed E-state index contributed by atoms with van der Waals surface area (Å²) in [4.78, 5) is 31.7. The van der Waals surface area contributed by atoms with Crippen molar-refractivity contribution >= 4 is 23.0 Å². The van der Waals surface area contributed by atoms with Crippen molar-refractivity contribution < 1.29 is 19.7 Å². The molecule has 2 rings (SSSR count). The number of hydrogen-bond donors (Lipinski definition) is 2. The van der Waals surface area contributed by atoms with Crippen LogP contribution in [0.15, 0.2) is 18.2 Å². The second-order valence-corrected chi connectivity index (χ2v) is 6.20. The first-order valence-corrected chi connectivity index (χ1v) is 7.71. The quantitative estimate of drug-likeness (QED) is 0.575. The molecule has 9 heteroatoms. The molecule has 0 atom stereocenters. The predicted molar refractivity (Wildman–Crippen MR) is 86.0 cm³/mol. The Hall–Kier alpha value is -2.71. The minimum absolute atomic E-state index is 0.000773. The van der Waals surface area contributed by atoms with Gasteiger partial charge in [0.15, 0.2) is 0 Å². The van der Waals surface area contributed by atoms with Gasteiger partial charge in [-0.1, -0.05) is 19.3 Å². The summed E-state index contributed by atoms with van der Waals surface area (Å²) in [5, 5.41) is 34.0. The van der Waals surface area contributed by atoms with Crippen LogP contribution in [0.2, 0.25) is 0 Å². The van der Waals surface area contributed by atoms with Crippen LogP contribution in [0.4, 0.5) is 17.1 Å². The lowest BCUT2D eigenvalue weighted by Gasteiger charge is -2.36. The number of carbonyl (C=O) groups is 1. The molecular weight excluding hydrogens is 318 g/mol. The highest BCUT2D eigenvalue weighted by atomic mass is 16.6. The van der Waals surface area contributed by atoms with E-state index in [0.29, 0.717) is 0 Å². The zero-order valence-electron chi connectivity index (χ0n) is 13.1. The first-order valence-electron chi connectivity index (χ1n) is 7.71. The number of non-ortho nitro benzene ring substituents is 1. The SMILES string of the molecule is O=C(O)CC1(CNc2ccc([N+](=O)[O-])cc2[N+](=O)[O-])CCCCC1. The number of carboxylic acid groups (broad SMARTS) is 1. The Morgan fingerprint density at radius 3 is 2.38 bits per heavy atom. The van der Waals surface area contributed by atoms with Crippen molar-refractivity contribution in [2.75, 3.05) is 11.9 Å². The number of hydrogen-bond acceptors (Lipinski definition) is 6. The summed E-state index contributed by atoms with van der Waals surface area (Å²) in [7, 11) is 0. The average Bonchev–Trinajstić information content (AvgIpc) is 2.53. The van der Waals surface area contributed by atoms with E-state index in [-0.39, 0.29) is 30.0 Å². The second kappa shape index (κ2) is 7.24. The fourth-order valence-corrected chi connectivity index (χ4v) is 3.26. The highest BCUT2D eigenvalue weighted by Crippen LogP contribution is 2.40. The lowest BCUT2D eigenvalue weighted by atomic mass is 9.71. The molecule has 0 spiro atoms. The van der Waals surface area contributed by atoms with Crippen LogP contribution >= 0.6 is 0 Å². The molecule has 0 saturated heterocycles. The number of aliphatic carboxylic acids is 1. The molecule has 1 aliphatic carbocycles. The van der Waals surface area contributed by atoms with Gasteiger partial charge in [0, 0.05) is 12.6 Å². The Balaban J connectivity index is 2.21. The van der Waals surface area contributed by atoms with Gasteiger partial charge in [-0.15, -0.1) is 0 Å². The maximum atomic E-state index is 11.2. The van der Waals surface area contributed by atoms with E-state index in [2.05, 4.69) is 5.32 Å². The summed E-state index contributed by atoms with van der Waals surface area (Å²) in [6, 6.07) is 3.40. The molecule has 1 saturated carbocycles. The van der Waals surface area contributed by atoms with Crippen molar-refractivity contribution in [3.8, 4) is 0 Å². The van der Waals surface area contributed by atoms with Crippen LogP contribution in [0.25, 0.3) is 0 Å². The van der Waals surface area contributed by atoms with Gasteiger partial charge in [0.1, 0.15) is 5.69 Å². The smallest absolute Gasteiger partial charge is 0.303 e. The van der Waals surface area contributed by atoms with Crippen LogP contribution in [0.5, 0.6) is 0 Å². The van der Waals surface area contributed by atoms with Gasteiger partial charge < -0.3 is 10.4 Å². The Morgan fingerprint density at radius 2 is 1.83 bits per heavy atom. The normalized spacial score (nSPS) is 16.3. The lowest BCUT2D eigenvalue weighted by Crippen LogP contribution is -2.34. The molecule has 0 radical (unpaired) electrons. The molecule has 1 aromatic carbocycles. The van der Waals surface area contributed by atoms with E-state index in [1.54, 1.807) is 0 Å². The maximum absolute atomic E-state index is 11.2. The molecule has 0 heterocycles. The fourth-order valence-electron chi connectivity index (χ4n) is 3.26.